The topological polar surface area (TPSA) is 104 Å². The average Bonchev–Trinajstić information content (AvgIpc) is 3.77. The van der Waals surface area contributed by atoms with Gasteiger partial charge in [0, 0.05) is 17.2 Å². The molecule has 0 aromatic heterocycles. The van der Waals surface area contributed by atoms with Gasteiger partial charge in [-0.3, -0.25) is 9.59 Å². The Labute approximate surface area is 212 Å². The van der Waals surface area contributed by atoms with Crippen molar-refractivity contribution in [2.45, 2.75) is 48.7 Å². The Morgan fingerprint density at radius 2 is 1.89 bits per heavy atom. The molecule has 0 spiro atoms. The third-order valence-corrected chi connectivity index (χ3v) is 9.19. The maximum atomic E-state index is 14.6. The number of piperidine rings is 1. The monoisotopic (exact) mass is 538 g/mol. The van der Waals surface area contributed by atoms with Crippen molar-refractivity contribution in [1.82, 2.24) is 10.2 Å². The van der Waals surface area contributed by atoms with Crippen LogP contribution in [0, 0.1) is 23.5 Å². The molecule has 0 radical (unpaired) electrons. The van der Waals surface area contributed by atoms with Crippen LogP contribution in [0.25, 0.3) is 0 Å². The van der Waals surface area contributed by atoms with E-state index in [1.54, 1.807) is 0 Å². The fraction of sp³-hybridized carbons (Fsp3) is 0.440. The Morgan fingerprint density at radius 3 is 2.58 bits per heavy atom. The molecule has 2 saturated carbocycles. The summed E-state index contributed by atoms with van der Waals surface area (Å²) in [6.45, 7) is -0.543. The highest BCUT2D eigenvalue weighted by atomic mass is 35.5. The summed E-state index contributed by atoms with van der Waals surface area (Å²) < 4.78 is 53.5. The number of hydrogen-bond acceptors (Lipinski definition) is 5. The number of likely N-dealkylation sites (tertiary alicyclic amines) is 1. The SMILES string of the molecule is O=C(N[C@@H](c1cc(F)c(Cl)cc1F)C1CC1)[C@H]1C[C@H]2C[C@H]2N1C(=O)c1cccc(S(=O)(=O)CCO)c1. The summed E-state index contributed by atoms with van der Waals surface area (Å²) in [5.41, 5.74) is 0.152. The molecule has 7 nitrogen and oxygen atoms in total. The number of rotatable bonds is 8. The van der Waals surface area contributed by atoms with Crippen molar-refractivity contribution < 1.29 is 31.9 Å². The van der Waals surface area contributed by atoms with Crippen LogP contribution in [0.1, 0.15) is 47.6 Å². The Morgan fingerprint density at radius 1 is 1.14 bits per heavy atom. The van der Waals surface area contributed by atoms with E-state index in [0.717, 1.165) is 31.4 Å². The lowest BCUT2D eigenvalue weighted by molar-refractivity contribution is -0.126. The van der Waals surface area contributed by atoms with Crippen LogP contribution in [0.3, 0.4) is 0 Å². The van der Waals surface area contributed by atoms with E-state index in [1.807, 2.05) is 0 Å². The van der Waals surface area contributed by atoms with Gasteiger partial charge < -0.3 is 15.3 Å². The first-order valence-corrected chi connectivity index (χ1v) is 13.8. The lowest BCUT2D eigenvalue weighted by Gasteiger charge is -2.29. The van der Waals surface area contributed by atoms with Crippen molar-refractivity contribution in [3.63, 3.8) is 0 Å². The quantitative estimate of drug-likeness (QED) is 0.502. The van der Waals surface area contributed by atoms with Gasteiger partial charge in [-0.2, -0.15) is 0 Å². The van der Waals surface area contributed by atoms with Crippen molar-refractivity contribution in [2.75, 3.05) is 12.4 Å². The maximum Gasteiger partial charge on any atom is 0.254 e. The first kappa shape index (κ1) is 25.1. The van der Waals surface area contributed by atoms with Gasteiger partial charge in [0.1, 0.15) is 17.7 Å². The van der Waals surface area contributed by atoms with E-state index in [-0.39, 0.29) is 38.9 Å². The molecule has 3 fully saturated rings. The predicted octanol–water partition coefficient (Wildman–Crippen LogP) is 3.25. The minimum absolute atomic E-state index is 0.0237. The summed E-state index contributed by atoms with van der Waals surface area (Å²) in [5, 5.41) is 11.6. The zero-order valence-corrected chi connectivity index (χ0v) is 20.7. The summed E-state index contributed by atoms with van der Waals surface area (Å²) in [6.07, 6.45) is 2.70. The van der Waals surface area contributed by atoms with E-state index >= 15 is 0 Å². The summed E-state index contributed by atoms with van der Waals surface area (Å²) in [4.78, 5) is 28.2. The zero-order chi connectivity index (χ0) is 25.8. The normalized spacial score (nSPS) is 23.8. The molecule has 0 bridgehead atoms. The molecule has 2 N–H and O–H groups in total. The molecule has 0 unspecified atom stereocenters. The molecule has 36 heavy (non-hydrogen) atoms. The first-order valence-electron chi connectivity index (χ1n) is 11.8. The number of benzene rings is 2. The van der Waals surface area contributed by atoms with Crippen LogP contribution in [0.15, 0.2) is 41.3 Å². The van der Waals surface area contributed by atoms with Gasteiger partial charge in [0.05, 0.1) is 28.3 Å². The number of amides is 2. The van der Waals surface area contributed by atoms with E-state index in [4.69, 9.17) is 16.7 Å². The Kier molecular flexibility index (Phi) is 6.55. The van der Waals surface area contributed by atoms with Gasteiger partial charge in [-0.05, 0) is 67.9 Å². The molecule has 11 heteroatoms. The summed E-state index contributed by atoms with van der Waals surface area (Å²) in [7, 11) is -3.76. The van der Waals surface area contributed by atoms with Crippen molar-refractivity contribution >= 4 is 33.3 Å². The number of aliphatic hydroxyl groups excluding tert-OH is 1. The van der Waals surface area contributed by atoms with Gasteiger partial charge in [0.2, 0.25) is 5.91 Å². The highest BCUT2D eigenvalue weighted by Gasteiger charge is 2.56. The Hall–Kier alpha value is -2.56. The second kappa shape index (κ2) is 9.39. The number of carbonyl (C=O) groups is 2. The molecule has 3 aliphatic rings. The van der Waals surface area contributed by atoms with Crippen molar-refractivity contribution in [3.05, 3.63) is 64.2 Å². The number of nitrogens with zero attached hydrogens (tertiary/aromatic N) is 1. The number of sulfone groups is 1. The minimum atomic E-state index is -3.76. The molecule has 4 atom stereocenters. The van der Waals surface area contributed by atoms with E-state index in [9.17, 15) is 26.8 Å². The van der Waals surface area contributed by atoms with Crippen LogP contribution in [-0.4, -0.2) is 54.7 Å². The first-order chi connectivity index (χ1) is 17.1. The maximum absolute atomic E-state index is 14.6. The number of fused-ring (bicyclic) bond motifs is 1. The fourth-order valence-corrected chi connectivity index (χ4v) is 6.32. The average molecular weight is 539 g/mol. The van der Waals surface area contributed by atoms with Crippen LogP contribution < -0.4 is 5.32 Å². The molecule has 2 aromatic carbocycles. The van der Waals surface area contributed by atoms with Crippen LogP contribution in [-0.2, 0) is 14.6 Å². The molecular weight excluding hydrogens is 514 g/mol. The van der Waals surface area contributed by atoms with Crippen LogP contribution >= 0.6 is 11.6 Å². The van der Waals surface area contributed by atoms with Gasteiger partial charge in [-0.15, -0.1) is 0 Å². The van der Waals surface area contributed by atoms with Gasteiger partial charge in [0.15, 0.2) is 9.84 Å². The molecule has 1 aliphatic heterocycles. The number of hydrogen-bond donors (Lipinski definition) is 2. The molecule has 1 heterocycles. The lowest BCUT2D eigenvalue weighted by atomic mass is 10.00. The molecule has 2 aromatic rings. The molecular formula is C25H25ClF2N2O5S. The number of halogens is 3. The number of aliphatic hydroxyl groups is 1. The summed E-state index contributed by atoms with van der Waals surface area (Å²) >= 11 is 5.69. The fourth-order valence-electron chi connectivity index (χ4n) is 5.10. The summed E-state index contributed by atoms with van der Waals surface area (Å²) in [6, 6.07) is 5.78. The largest absolute Gasteiger partial charge is 0.395 e. The van der Waals surface area contributed by atoms with Gasteiger partial charge in [-0.25, -0.2) is 17.2 Å². The Balaban J connectivity index is 1.38. The van der Waals surface area contributed by atoms with Crippen molar-refractivity contribution in [2.24, 2.45) is 11.8 Å². The number of nitrogens with one attached hydrogen (secondary N) is 1. The Bertz CT molecular complexity index is 1330. The summed E-state index contributed by atoms with van der Waals surface area (Å²) in [5.74, 6) is -2.74. The molecule has 192 valence electrons. The van der Waals surface area contributed by atoms with Crippen LogP contribution in [0.4, 0.5) is 8.78 Å². The highest BCUT2D eigenvalue weighted by Crippen LogP contribution is 2.49. The third-order valence-electron chi connectivity index (χ3n) is 7.21. The molecule has 5 rings (SSSR count). The second-order valence-corrected chi connectivity index (χ2v) is 12.2. The number of carbonyl (C=O) groups excluding carboxylic acids is 2. The molecule has 2 amide bonds. The highest BCUT2D eigenvalue weighted by molar-refractivity contribution is 7.91. The van der Waals surface area contributed by atoms with Crippen LogP contribution in [0.5, 0.6) is 0 Å². The van der Waals surface area contributed by atoms with Gasteiger partial charge in [-0.1, -0.05) is 17.7 Å². The van der Waals surface area contributed by atoms with E-state index in [1.165, 1.54) is 29.2 Å². The molecule has 1 saturated heterocycles. The zero-order valence-electron chi connectivity index (χ0n) is 19.2. The van der Waals surface area contributed by atoms with Gasteiger partial charge in [0.25, 0.3) is 5.91 Å². The predicted molar refractivity (Wildman–Crippen MR) is 127 cm³/mol. The minimum Gasteiger partial charge on any atom is -0.395 e. The van der Waals surface area contributed by atoms with E-state index in [2.05, 4.69) is 5.32 Å². The lowest BCUT2D eigenvalue weighted by Crippen LogP contribution is -2.49. The van der Waals surface area contributed by atoms with Crippen LogP contribution in [0.2, 0.25) is 5.02 Å². The van der Waals surface area contributed by atoms with E-state index < -0.39 is 57.7 Å². The smallest absolute Gasteiger partial charge is 0.254 e. The van der Waals surface area contributed by atoms with Crippen molar-refractivity contribution in [3.8, 4) is 0 Å². The third kappa shape index (κ3) is 4.73. The second-order valence-electron chi connectivity index (χ2n) is 9.71. The standard InChI is InChI=1S/C25H25ClF2N2O5S/c26-18-12-19(27)17(11-20(18)28)23(13-4-5-13)29-24(32)22-10-15-9-21(15)30(22)25(33)14-2-1-3-16(8-14)36(34,35)7-6-31/h1-3,8,11-13,15,21-23,31H,4-7,9-10H2,(H,29,32)/t15-,21-,22-,23-/m1/s1. The molecule has 2 aliphatic carbocycles. The van der Waals surface area contributed by atoms with Crippen molar-refractivity contribution in [1.29, 1.82) is 0 Å². The van der Waals surface area contributed by atoms with E-state index in [0.29, 0.717) is 6.42 Å². The van der Waals surface area contributed by atoms with Gasteiger partial charge >= 0.3 is 0 Å².